The molecule has 1 aromatic carbocycles. The fourth-order valence-electron chi connectivity index (χ4n) is 2.72. The molecule has 24 heavy (non-hydrogen) atoms. The Kier molecular flexibility index (Phi) is 4.59. The molecule has 1 aliphatic heterocycles. The minimum Gasteiger partial charge on any atom is -0.399 e. The number of nitrogen functional groups attached to an aromatic ring is 1. The number of anilines is 1. The van der Waals surface area contributed by atoms with Crippen molar-refractivity contribution in [2.24, 2.45) is 0 Å². The second kappa shape index (κ2) is 6.52. The highest BCUT2D eigenvalue weighted by Crippen LogP contribution is 2.29. The number of nitrogens with one attached hydrogen (secondary N) is 1. The van der Waals surface area contributed by atoms with Crippen LogP contribution in [-0.2, 0) is 4.74 Å². The Morgan fingerprint density at radius 2 is 2.12 bits per heavy atom. The molecule has 0 saturated carbocycles. The Balaban J connectivity index is 2.07. The molecular formula is C15H16BrN3O5. The van der Waals surface area contributed by atoms with Gasteiger partial charge in [0.2, 0.25) is 0 Å². The fourth-order valence-corrected chi connectivity index (χ4v) is 3.23. The smallest absolute Gasteiger partial charge is 0.330 e. The van der Waals surface area contributed by atoms with Gasteiger partial charge < -0.3 is 20.7 Å². The number of nitrogens with two attached hydrogens (primary N) is 1. The van der Waals surface area contributed by atoms with Crippen LogP contribution in [0.1, 0.15) is 12.6 Å². The summed E-state index contributed by atoms with van der Waals surface area (Å²) in [5, 5.41) is 19.0. The number of aromatic nitrogens is 2. The predicted molar refractivity (Wildman–Crippen MR) is 90.5 cm³/mol. The zero-order valence-electron chi connectivity index (χ0n) is 12.5. The maximum Gasteiger partial charge on any atom is 0.330 e. The number of H-pyrrole nitrogens is 1. The molecule has 1 aromatic heterocycles. The summed E-state index contributed by atoms with van der Waals surface area (Å²) < 4.78 is 7.37. The molecule has 1 fully saturated rings. The van der Waals surface area contributed by atoms with E-state index in [9.17, 15) is 14.7 Å². The van der Waals surface area contributed by atoms with E-state index in [-0.39, 0.29) is 18.6 Å². The van der Waals surface area contributed by atoms with Crippen molar-refractivity contribution in [2.45, 2.75) is 24.9 Å². The van der Waals surface area contributed by atoms with Gasteiger partial charge in [-0.05, 0) is 23.8 Å². The molecule has 1 aliphatic rings. The normalized spacial score (nSPS) is 23.5. The second-order valence-corrected chi connectivity index (χ2v) is 6.51. The van der Waals surface area contributed by atoms with E-state index >= 15 is 0 Å². The van der Waals surface area contributed by atoms with Gasteiger partial charge in [0.05, 0.1) is 18.3 Å². The molecule has 2 aromatic rings. The van der Waals surface area contributed by atoms with Gasteiger partial charge >= 0.3 is 5.69 Å². The third-order valence-electron chi connectivity index (χ3n) is 3.89. The summed E-state index contributed by atoms with van der Waals surface area (Å²) in [5.74, 6) is 0. The molecule has 0 aliphatic carbocycles. The van der Waals surface area contributed by atoms with Gasteiger partial charge in [0.1, 0.15) is 12.3 Å². The average molecular weight is 398 g/mol. The SMILES string of the molecule is Nc1cc(Br)cc(-c2cn([C@H]3C[C@H](O)[C@@H](CO)O3)c(=O)[nH]c2=O)c1. The fraction of sp³-hybridized carbons (Fsp3) is 0.333. The molecule has 0 bridgehead atoms. The summed E-state index contributed by atoms with van der Waals surface area (Å²) >= 11 is 3.31. The van der Waals surface area contributed by atoms with Crippen LogP contribution in [0.3, 0.4) is 0 Å². The Hall–Kier alpha value is -1.94. The van der Waals surface area contributed by atoms with E-state index < -0.39 is 29.7 Å². The van der Waals surface area contributed by atoms with Crippen LogP contribution < -0.4 is 17.0 Å². The van der Waals surface area contributed by atoms with E-state index in [0.717, 1.165) is 0 Å². The van der Waals surface area contributed by atoms with Crippen LogP contribution in [-0.4, -0.2) is 38.6 Å². The highest BCUT2D eigenvalue weighted by Gasteiger charge is 2.35. The maximum absolute atomic E-state index is 12.2. The van der Waals surface area contributed by atoms with Crippen molar-refractivity contribution in [2.75, 3.05) is 12.3 Å². The van der Waals surface area contributed by atoms with Crippen LogP contribution in [0.2, 0.25) is 0 Å². The lowest BCUT2D eigenvalue weighted by atomic mass is 10.1. The van der Waals surface area contributed by atoms with E-state index in [0.29, 0.717) is 15.7 Å². The Bertz CT molecular complexity index is 858. The Morgan fingerprint density at radius 1 is 1.38 bits per heavy atom. The van der Waals surface area contributed by atoms with Gasteiger partial charge in [0.15, 0.2) is 0 Å². The highest BCUT2D eigenvalue weighted by molar-refractivity contribution is 9.10. The van der Waals surface area contributed by atoms with Crippen molar-refractivity contribution < 1.29 is 14.9 Å². The number of halogens is 1. The second-order valence-electron chi connectivity index (χ2n) is 5.60. The third kappa shape index (κ3) is 3.16. The average Bonchev–Trinajstić information content (AvgIpc) is 2.87. The standard InChI is InChI=1S/C15H16BrN3O5/c16-8-1-7(2-9(17)3-8)10-5-19(15(23)18-14(10)22)13-4-11(21)12(6-20)24-13/h1-3,5,11-13,20-21H,4,6,17H2,(H,18,22,23)/t11-,12+,13+/m0/s1. The zero-order valence-corrected chi connectivity index (χ0v) is 14.1. The lowest BCUT2D eigenvalue weighted by Crippen LogP contribution is -2.33. The van der Waals surface area contributed by atoms with Crippen molar-refractivity contribution in [1.29, 1.82) is 0 Å². The van der Waals surface area contributed by atoms with Crippen LogP contribution in [0.5, 0.6) is 0 Å². The van der Waals surface area contributed by atoms with Crippen LogP contribution in [0.15, 0.2) is 38.5 Å². The minimum atomic E-state index is -0.885. The van der Waals surface area contributed by atoms with Crippen molar-refractivity contribution in [3.63, 3.8) is 0 Å². The van der Waals surface area contributed by atoms with Gasteiger partial charge in [-0.2, -0.15) is 0 Å². The number of hydrogen-bond donors (Lipinski definition) is 4. The molecule has 1 saturated heterocycles. The van der Waals surface area contributed by atoms with E-state index in [4.69, 9.17) is 15.6 Å². The maximum atomic E-state index is 12.2. The first-order valence-corrected chi connectivity index (χ1v) is 8.04. The quantitative estimate of drug-likeness (QED) is 0.546. The van der Waals surface area contributed by atoms with E-state index in [1.807, 2.05) is 0 Å². The predicted octanol–water partition coefficient (Wildman–Crippen LogP) is 0.189. The lowest BCUT2D eigenvalue weighted by molar-refractivity contribution is -0.0458. The minimum absolute atomic E-state index is 0.136. The van der Waals surface area contributed by atoms with Crippen LogP contribution >= 0.6 is 15.9 Å². The molecule has 128 valence electrons. The first kappa shape index (κ1) is 16.9. The number of benzene rings is 1. The number of nitrogens with zero attached hydrogens (tertiary/aromatic N) is 1. The monoisotopic (exact) mass is 397 g/mol. The first-order chi connectivity index (χ1) is 11.4. The number of aromatic amines is 1. The molecule has 2 heterocycles. The molecule has 3 atom stereocenters. The van der Waals surface area contributed by atoms with Crippen molar-refractivity contribution in [3.8, 4) is 11.1 Å². The van der Waals surface area contributed by atoms with E-state index in [2.05, 4.69) is 20.9 Å². The van der Waals surface area contributed by atoms with Gasteiger partial charge in [0, 0.05) is 22.8 Å². The van der Waals surface area contributed by atoms with Crippen molar-refractivity contribution in [3.05, 3.63) is 49.7 Å². The van der Waals surface area contributed by atoms with Gasteiger partial charge in [-0.15, -0.1) is 0 Å². The van der Waals surface area contributed by atoms with Gasteiger partial charge in [-0.1, -0.05) is 15.9 Å². The zero-order chi connectivity index (χ0) is 17.4. The van der Waals surface area contributed by atoms with Gasteiger partial charge in [0.25, 0.3) is 5.56 Å². The largest absolute Gasteiger partial charge is 0.399 e. The van der Waals surface area contributed by atoms with Crippen molar-refractivity contribution >= 4 is 21.6 Å². The molecule has 8 nitrogen and oxygen atoms in total. The van der Waals surface area contributed by atoms with Gasteiger partial charge in [-0.25, -0.2) is 4.79 Å². The van der Waals surface area contributed by atoms with Crippen LogP contribution in [0.25, 0.3) is 11.1 Å². The number of aliphatic hydroxyl groups is 2. The Labute approximate surface area is 144 Å². The van der Waals surface area contributed by atoms with E-state index in [1.54, 1.807) is 18.2 Å². The van der Waals surface area contributed by atoms with Crippen LogP contribution in [0.4, 0.5) is 5.69 Å². The highest BCUT2D eigenvalue weighted by atomic mass is 79.9. The number of ether oxygens (including phenoxy) is 1. The lowest BCUT2D eigenvalue weighted by Gasteiger charge is -2.15. The molecule has 0 spiro atoms. The van der Waals surface area contributed by atoms with Crippen molar-refractivity contribution in [1.82, 2.24) is 9.55 Å². The van der Waals surface area contributed by atoms with Gasteiger partial charge in [-0.3, -0.25) is 14.3 Å². The molecule has 3 rings (SSSR count). The number of hydrogen-bond acceptors (Lipinski definition) is 6. The summed E-state index contributed by atoms with van der Waals surface area (Å²) in [6.45, 7) is -0.356. The molecule has 9 heteroatoms. The molecule has 5 N–H and O–H groups in total. The molecule has 0 amide bonds. The topological polar surface area (TPSA) is 131 Å². The molecule has 0 unspecified atom stereocenters. The molecular weight excluding hydrogens is 382 g/mol. The summed E-state index contributed by atoms with van der Waals surface area (Å²) in [5.41, 5.74) is 5.84. The Morgan fingerprint density at radius 3 is 2.75 bits per heavy atom. The summed E-state index contributed by atoms with van der Waals surface area (Å²) in [6.07, 6.45) is -0.913. The summed E-state index contributed by atoms with van der Waals surface area (Å²) in [7, 11) is 0. The van der Waals surface area contributed by atoms with Crippen LogP contribution in [0, 0.1) is 0 Å². The van der Waals surface area contributed by atoms with E-state index in [1.165, 1.54) is 10.8 Å². The first-order valence-electron chi connectivity index (χ1n) is 7.25. The molecule has 0 radical (unpaired) electrons. The number of aliphatic hydroxyl groups excluding tert-OH is 2. The summed E-state index contributed by atoms with van der Waals surface area (Å²) in [6, 6.07) is 5.01. The number of rotatable bonds is 3. The third-order valence-corrected chi connectivity index (χ3v) is 4.35. The summed E-state index contributed by atoms with van der Waals surface area (Å²) in [4.78, 5) is 26.5.